The lowest BCUT2D eigenvalue weighted by molar-refractivity contribution is -0.136. The fourth-order valence-corrected chi connectivity index (χ4v) is 10.1. The maximum Gasteiger partial charge on any atom is 0.320 e. The van der Waals surface area contributed by atoms with Gasteiger partial charge in [-0.1, -0.05) is 61.5 Å². The van der Waals surface area contributed by atoms with Gasteiger partial charge in [0.25, 0.3) is 5.91 Å². The van der Waals surface area contributed by atoms with Gasteiger partial charge in [0.15, 0.2) is 0 Å². The van der Waals surface area contributed by atoms with E-state index in [1.807, 2.05) is 35.2 Å². The minimum absolute atomic E-state index is 0.139. The molecule has 4 aromatic carbocycles. The molecule has 4 saturated heterocycles. The van der Waals surface area contributed by atoms with Crippen LogP contribution in [-0.4, -0.2) is 126 Å². The smallest absolute Gasteiger partial charge is 0.320 e. The largest absolute Gasteiger partial charge is 0.508 e. The van der Waals surface area contributed by atoms with Crippen molar-refractivity contribution in [3.8, 4) is 5.75 Å². The Morgan fingerprint density at radius 2 is 1.29 bits per heavy atom. The van der Waals surface area contributed by atoms with Crippen LogP contribution in [0.3, 0.4) is 0 Å². The molecule has 2 N–H and O–H groups in total. The number of piperazine rings is 2. The minimum Gasteiger partial charge on any atom is -0.508 e. The second-order valence-corrected chi connectivity index (χ2v) is 17.4. The van der Waals surface area contributed by atoms with Crippen molar-refractivity contribution in [1.29, 1.82) is 0 Å². The number of carbonyl (C=O) groups is 4. The summed E-state index contributed by atoms with van der Waals surface area (Å²) in [7, 11) is 0. The van der Waals surface area contributed by atoms with E-state index in [4.69, 9.17) is 0 Å². The van der Waals surface area contributed by atoms with Gasteiger partial charge in [0.05, 0.1) is 0 Å². The maximum absolute atomic E-state index is 13.7. The number of urea groups is 1. The van der Waals surface area contributed by atoms with Crippen LogP contribution in [0.5, 0.6) is 5.75 Å². The summed E-state index contributed by atoms with van der Waals surface area (Å²) in [4.78, 5) is 64.0. The number of anilines is 2. The van der Waals surface area contributed by atoms with Gasteiger partial charge in [0.2, 0.25) is 11.8 Å². The number of phenolic OH excluding ortho intramolecular Hbond substituents is 1. The second-order valence-electron chi connectivity index (χ2n) is 17.4. The highest BCUT2D eigenvalue weighted by atomic mass is 16.3. The monoisotopic (exact) mass is 835 g/mol. The van der Waals surface area contributed by atoms with Gasteiger partial charge in [-0.3, -0.25) is 24.6 Å². The number of amides is 5. The maximum atomic E-state index is 13.7. The standard InChI is InChI=1S/C50H57N7O5/c1-2-43(36-6-4-3-5-7-36)47(38-10-15-42(58)16-11-38)37-8-12-40(13-9-37)53-28-30-56(31-29-53)50(62)55-22-20-35(21-23-55)33-52-24-26-54(27-25-52)41-14-17-44-39(32-41)34-57(49(44)61)45-18-19-46(59)51-48(45)60/h3-17,32,35,45,58H,2,18-31,33-34H2,1H3,(H,51,59,60)/b47-43+. The Hall–Kier alpha value is -6.14. The van der Waals surface area contributed by atoms with E-state index in [1.54, 1.807) is 17.0 Å². The van der Waals surface area contributed by atoms with Crippen molar-refractivity contribution in [3.63, 3.8) is 0 Å². The first-order valence-electron chi connectivity index (χ1n) is 22.4. The van der Waals surface area contributed by atoms with Crippen LogP contribution in [0.1, 0.15) is 71.6 Å². The molecule has 0 spiro atoms. The molecule has 12 heteroatoms. The summed E-state index contributed by atoms with van der Waals surface area (Å²) in [5, 5.41) is 12.4. The number of piperidine rings is 2. The average Bonchev–Trinajstić information content (AvgIpc) is 3.64. The van der Waals surface area contributed by atoms with Crippen molar-refractivity contribution in [2.45, 2.75) is 51.6 Å². The molecule has 0 bridgehead atoms. The Bertz CT molecular complexity index is 2310. The highest BCUT2D eigenvalue weighted by Gasteiger charge is 2.39. The van der Waals surface area contributed by atoms with Gasteiger partial charge in [-0.05, 0) is 107 Å². The van der Waals surface area contributed by atoms with Crippen molar-refractivity contribution in [1.82, 2.24) is 24.9 Å². The number of hydrogen-bond acceptors (Lipinski definition) is 8. The van der Waals surface area contributed by atoms with Crippen LogP contribution < -0.4 is 15.1 Å². The molecule has 0 aliphatic carbocycles. The molecule has 5 aliphatic rings. The Morgan fingerprint density at radius 3 is 1.95 bits per heavy atom. The van der Waals surface area contributed by atoms with E-state index in [0.717, 1.165) is 106 Å². The lowest BCUT2D eigenvalue weighted by atomic mass is 9.88. The molecule has 1 unspecified atom stereocenters. The zero-order valence-electron chi connectivity index (χ0n) is 35.7. The fourth-order valence-electron chi connectivity index (χ4n) is 10.1. The Labute approximate surface area is 364 Å². The average molecular weight is 836 g/mol. The molecule has 62 heavy (non-hydrogen) atoms. The molecule has 5 heterocycles. The van der Waals surface area contributed by atoms with Crippen molar-refractivity contribution in [2.24, 2.45) is 5.92 Å². The van der Waals surface area contributed by atoms with E-state index in [2.05, 4.69) is 86.4 Å². The van der Waals surface area contributed by atoms with E-state index >= 15 is 0 Å². The molecule has 9 rings (SSSR count). The summed E-state index contributed by atoms with van der Waals surface area (Å²) in [6.07, 6.45) is 3.52. The van der Waals surface area contributed by atoms with Gasteiger partial charge in [-0.25, -0.2) is 4.79 Å². The fraction of sp³-hybridized carbons (Fsp3) is 0.400. The highest BCUT2D eigenvalue weighted by Crippen LogP contribution is 2.36. The number of fused-ring (bicyclic) bond motifs is 1. The summed E-state index contributed by atoms with van der Waals surface area (Å²) >= 11 is 0. The minimum atomic E-state index is -0.603. The molecule has 322 valence electrons. The third-order valence-corrected chi connectivity index (χ3v) is 13.7. The zero-order valence-corrected chi connectivity index (χ0v) is 35.7. The van der Waals surface area contributed by atoms with Crippen LogP contribution >= 0.6 is 0 Å². The highest BCUT2D eigenvalue weighted by molar-refractivity contribution is 6.05. The molecule has 5 amide bonds. The predicted molar refractivity (Wildman–Crippen MR) is 242 cm³/mol. The number of hydrogen-bond donors (Lipinski definition) is 2. The molecule has 12 nitrogen and oxygen atoms in total. The third kappa shape index (κ3) is 8.66. The first-order valence-corrected chi connectivity index (χ1v) is 22.4. The number of phenols is 1. The van der Waals surface area contributed by atoms with Gasteiger partial charge in [0, 0.05) is 102 Å². The van der Waals surface area contributed by atoms with Crippen molar-refractivity contribution >= 4 is 46.3 Å². The summed E-state index contributed by atoms with van der Waals surface area (Å²) in [6.45, 7) is 12.0. The summed E-state index contributed by atoms with van der Waals surface area (Å²) in [5.41, 5.74) is 9.67. The topological polar surface area (TPSA) is 120 Å². The number of allylic oxidation sites excluding steroid dienone is 1. The molecule has 5 aliphatic heterocycles. The molecule has 1 atom stereocenters. The number of aromatic hydroxyl groups is 1. The third-order valence-electron chi connectivity index (χ3n) is 13.7. The van der Waals surface area contributed by atoms with Crippen molar-refractivity contribution in [2.75, 3.05) is 81.8 Å². The lowest BCUT2D eigenvalue weighted by Gasteiger charge is -2.42. The molecular weight excluding hydrogens is 779 g/mol. The number of likely N-dealkylation sites (tertiary alicyclic amines) is 1. The zero-order chi connectivity index (χ0) is 42.7. The normalized spacial score (nSPS) is 20.6. The lowest BCUT2D eigenvalue weighted by Crippen LogP contribution is -2.54. The van der Waals surface area contributed by atoms with E-state index in [9.17, 15) is 24.3 Å². The summed E-state index contributed by atoms with van der Waals surface area (Å²) in [5.74, 6) is 0.0227. The van der Waals surface area contributed by atoms with Crippen LogP contribution in [0.2, 0.25) is 0 Å². The van der Waals surface area contributed by atoms with Gasteiger partial charge in [0.1, 0.15) is 11.8 Å². The van der Waals surface area contributed by atoms with E-state index in [-0.39, 0.29) is 35.9 Å². The molecule has 0 saturated carbocycles. The molecule has 4 aromatic rings. The number of benzene rings is 4. The van der Waals surface area contributed by atoms with Crippen LogP contribution in [0, 0.1) is 5.92 Å². The molecule has 0 radical (unpaired) electrons. The van der Waals surface area contributed by atoms with E-state index in [0.29, 0.717) is 37.5 Å². The van der Waals surface area contributed by atoms with Gasteiger partial charge in [-0.2, -0.15) is 0 Å². The Balaban J connectivity index is 0.731. The predicted octanol–water partition coefficient (Wildman–Crippen LogP) is 6.30. The van der Waals surface area contributed by atoms with Gasteiger partial charge < -0.3 is 29.6 Å². The van der Waals surface area contributed by atoms with Crippen LogP contribution in [-0.2, 0) is 16.1 Å². The van der Waals surface area contributed by atoms with Crippen molar-refractivity contribution < 1.29 is 24.3 Å². The van der Waals surface area contributed by atoms with Gasteiger partial charge in [-0.15, -0.1) is 0 Å². The quantitative estimate of drug-likeness (QED) is 0.149. The first-order chi connectivity index (χ1) is 30.2. The molecule has 0 aromatic heterocycles. The summed E-state index contributed by atoms with van der Waals surface area (Å²) < 4.78 is 0. The van der Waals surface area contributed by atoms with Gasteiger partial charge >= 0.3 is 6.03 Å². The van der Waals surface area contributed by atoms with Crippen LogP contribution in [0.4, 0.5) is 16.2 Å². The summed E-state index contributed by atoms with van der Waals surface area (Å²) in [6, 6.07) is 32.4. The molecular formula is C50H57N7O5. The number of nitrogens with zero attached hydrogens (tertiary/aromatic N) is 6. The van der Waals surface area contributed by atoms with E-state index < -0.39 is 6.04 Å². The number of carbonyl (C=O) groups excluding carboxylic acids is 4. The number of rotatable bonds is 9. The second kappa shape index (κ2) is 18.1. The molecule has 4 fully saturated rings. The van der Waals surface area contributed by atoms with Crippen molar-refractivity contribution in [3.05, 3.63) is 125 Å². The number of nitrogens with one attached hydrogen (secondary N) is 1. The van der Waals surface area contributed by atoms with Crippen LogP contribution in [0.15, 0.2) is 97.1 Å². The SMILES string of the molecule is CC/C(=C(\c1ccc(O)cc1)c1ccc(N2CCN(C(=O)N3CCC(CN4CCN(c5ccc6c(c5)CN(C5CCC(=O)NC5=O)C6=O)CC4)CC3)CC2)cc1)c1ccccc1. The van der Waals surface area contributed by atoms with E-state index in [1.165, 1.54) is 16.7 Å². The first kappa shape index (κ1) is 41.2. The van der Waals surface area contributed by atoms with Crippen LogP contribution in [0.25, 0.3) is 11.1 Å². The number of imide groups is 1. The Kier molecular flexibility index (Phi) is 12.0. The Morgan fingerprint density at radius 1 is 0.677 bits per heavy atom.